The molecule has 2 aliphatic rings. The largest absolute Gasteiger partial charge is 0.427 e. The third-order valence-corrected chi connectivity index (χ3v) is 8.47. The molecule has 0 bridgehead atoms. The molecule has 2 atom stereocenters. The Balaban J connectivity index is 1.74. The summed E-state index contributed by atoms with van der Waals surface area (Å²) in [6.45, 7) is 4.40. The van der Waals surface area contributed by atoms with Crippen molar-refractivity contribution in [1.29, 1.82) is 0 Å². The van der Waals surface area contributed by atoms with Gasteiger partial charge < -0.3 is 19.7 Å². The van der Waals surface area contributed by atoms with Gasteiger partial charge in [0.1, 0.15) is 9.75 Å². The van der Waals surface area contributed by atoms with Crippen molar-refractivity contribution in [1.82, 2.24) is 0 Å². The first-order chi connectivity index (χ1) is 17.0. The molecule has 192 valence electrons. The lowest BCUT2D eigenvalue weighted by atomic mass is 9.82. The first-order valence-electron chi connectivity index (χ1n) is 13.4. The zero-order valence-electron chi connectivity index (χ0n) is 21.0. The number of aliphatic hydroxyl groups is 2. The maximum atomic E-state index is 12.6. The van der Waals surface area contributed by atoms with E-state index in [-0.39, 0.29) is 0 Å². The Morgan fingerprint density at radius 3 is 1.40 bits per heavy atom. The lowest BCUT2D eigenvalue weighted by Gasteiger charge is -2.29. The van der Waals surface area contributed by atoms with E-state index >= 15 is 0 Å². The number of aliphatic hydroxyl groups excluding tert-OH is 2. The molecule has 2 N–H and O–H groups in total. The molecule has 0 aliphatic carbocycles. The molecule has 6 nitrogen and oxygen atoms in total. The second-order valence-electron chi connectivity index (χ2n) is 9.85. The van der Waals surface area contributed by atoms with E-state index in [1.54, 1.807) is 0 Å². The molecule has 2 aliphatic heterocycles. The molecule has 3 heterocycles. The number of rotatable bonds is 14. The second kappa shape index (κ2) is 11.8. The number of esters is 2. The third-order valence-electron chi connectivity index (χ3n) is 7.32. The van der Waals surface area contributed by atoms with Crippen molar-refractivity contribution in [3.05, 3.63) is 32.0 Å². The van der Waals surface area contributed by atoms with Gasteiger partial charge in [0.25, 0.3) is 0 Å². The number of ether oxygens (including phenoxy) is 2. The highest BCUT2D eigenvalue weighted by Crippen LogP contribution is 2.50. The molecule has 2 unspecified atom stereocenters. The summed E-state index contributed by atoms with van der Waals surface area (Å²) in [7, 11) is 0. The number of carbonyl (C=O) groups excluding carboxylic acids is 2. The fraction of sp³-hybridized carbons (Fsp3) is 0.643. The Bertz CT molecular complexity index is 990. The van der Waals surface area contributed by atoms with Gasteiger partial charge in [-0.15, -0.1) is 11.3 Å². The Hall–Kier alpha value is -1.96. The fourth-order valence-electron chi connectivity index (χ4n) is 5.57. The van der Waals surface area contributed by atoms with E-state index in [4.69, 9.17) is 9.47 Å². The summed E-state index contributed by atoms with van der Waals surface area (Å²) in [5, 5.41) is 22.9. The van der Waals surface area contributed by atoms with Gasteiger partial charge in [0, 0.05) is 21.9 Å². The van der Waals surface area contributed by atoms with Crippen LogP contribution in [-0.2, 0) is 22.3 Å². The quantitative estimate of drug-likeness (QED) is 0.213. The number of thiophene rings is 1. The van der Waals surface area contributed by atoms with Crippen LogP contribution in [0, 0.1) is 0 Å². The number of carbonyl (C=O) groups is 2. The maximum absolute atomic E-state index is 12.6. The van der Waals surface area contributed by atoms with Gasteiger partial charge in [-0.25, -0.2) is 9.59 Å². The highest BCUT2D eigenvalue weighted by Gasteiger charge is 2.41. The number of hydrogen-bond donors (Lipinski definition) is 2. The topological polar surface area (TPSA) is 93.1 Å². The van der Waals surface area contributed by atoms with Crippen LogP contribution < -0.4 is 0 Å². The number of unbranched alkanes of at least 4 members (excludes halogenated alkanes) is 10. The summed E-state index contributed by atoms with van der Waals surface area (Å²) < 4.78 is 10.6. The minimum Gasteiger partial charge on any atom is -0.427 e. The van der Waals surface area contributed by atoms with Crippen LogP contribution in [0.5, 0.6) is 0 Å². The lowest BCUT2D eigenvalue weighted by molar-refractivity contribution is -0.0717. The maximum Gasteiger partial charge on any atom is 0.351 e. The highest BCUT2D eigenvalue weighted by molar-refractivity contribution is 7.17. The van der Waals surface area contributed by atoms with Crippen molar-refractivity contribution in [2.45, 2.75) is 116 Å². The monoisotopic (exact) mass is 502 g/mol. The smallest absolute Gasteiger partial charge is 0.351 e. The minimum absolute atomic E-state index is 0.318. The molecule has 0 saturated heterocycles. The standard InChI is InChI=1S/C28H38O6S/c1-3-5-7-9-11-13-15-17-18(16-14-12-10-8-6-4-2)20-22-21-19(17)25(29)33-27(31)23(21)35-24(22)28(32)34-26(20)30/h25-26,29-30H,3-16H2,1-2H3. The molecule has 7 heteroatoms. The van der Waals surface area contributed by atoms with Gasteiger partial charge in [0.15, 0.2) is 0 Å². The first kappa shape index (κ1) is 26.1. The van der Waals surface area contributed by atoms with Gasteiger partial charge >= 0.3 is 11.9 Å². The molecule has 0 amide bonds. The fourth-order valence-corrected chi connectivity index (χ4v) is 6.66. The molecule has 1 aromatic carbocycles. The van der Waals surface area contributed by atoms with Crippen molar-refractivity contribution >= 4 is 34.0 Å². The van der Waals surface area contributed by atoms with Gasteiger partial charge in [0.2, 0.25) is 12.6 Å². The molecule has 0 fully saturated rings. The summed E-state index contributed by atoms with van der Waals surface area (Å²) in [6, 6.07) is 0. The molecule has 35 heavy (non-hydrogen) atoms. The summed E-state index contributed by atoms with van der Waals surface area (Å²) in [6.07, 6.45) is 12.4. The molecule has 1 aromatic heterocycles. The van der Waals surface area contributed by atoms with E-state index in [9.17, 15) is 19.8 Å². The predicted octanol–water partition coefficient (Wildman–Crippen LogP) is 7.03. The molecule has 0 spiro atoms. The lowest BCUT2D eigenvalue weighted by Crippen LogP contribution is -2.23. The summed E-state index contributed by atoms with van der Waals surface area (Å²) in [4.78, 5) is 25.8. The first-order valence-corrected chi connectivity index (χ1v) is 14.2. The van der Waals surface area contributed by atoms with Gasteiger partial charge in [-0.05, 0) is 36.8 Å². The molecule has 0 saturated carbocycles. The zero-order valence-corrected chi connectivity index (χ0v) is 21.8. The Morgan fingerprint density at radius 2 is 1.00 bits per heavy atom. The molecule has 2 aromatic rings. The molecule has 4 rings (SSSR count). The summed E-state index contributed by atoms with van der Waals surface area (Å²) >= 11 is 1.04. The van der Waals surface area contributed by atoms with Gasteiger partial charge in [-0.2, -0.15) is 0 Å². The second-order valence-corrected chi connectivity index (χ2v) is 10.9. The van der Waals surface area contributed by atoms with E-state index < -0.39 is 24.5 Å². The Morgan fingerprint density at radius 1 is 0.629 bits per heavy atom. The predicted molar refractivity (Wildman–Crippen MR) is 137 cm³/mol. The normalized spacial score (nSPS) is 18.7. The van der Waals surface area contributed by atoms with Gasteiger partial charge in [0.05, 0.1) is 0 Å². The van der Waals surface area contributed by atoms with Crippen LogP contribution in [0.1, 0.15) is 145 Å². The van der Waals surface area contributed by atoms with Gasteiger partial charge in [-0.1, -0.05) is 78.1 Å². The Labute approximate surface area is 211 Å². The highest BCUT2D eigenvalue weighted by atomic mass is 32.1. The number of cyclic esters (lactones) is 2. The zero-order chi connectivity index (χ0) is 24.9. The van der Waals surface area contributed by atoms with Crippen LogP contribution in [0.2, 0.25) is 0 Å². The molecular formula is C28H38O6S. The average Bonchev–Trinajstić information content (AvgIpc) is 3.23. The van der Waals surface area contributed by atoms with Crippen LogP contribution >= 0.6 is 11.3 Å². The van der Waals surface area contributed by atoms with E-state index in [1.165, 1.54) is 38.5 Å². The van der Waals surface area contributed by atoms with E-state index in [0.29, 0.717) is 31.7 Å². The van der Waals surface area contributed by atoms with Crippen LogP contribution in [0.25, 0.3) is 10.8 Å². The van der Waals surface area contributed by atoms with Crippen molar-refractivity contribution < 1.29 is 29.3 Å². The van der Waals surface area contributed by atoms with Crippen LogP contribution in [0.15, 0.2) is 0 Å². The van der Waals surface area contributed by atoms with Crippen molar-refractivity contribution in [3.63, 3.8) is 0 Å². The van der Waals surface area contributed by atoms with Gasteiger partial charge in [-0.3, -0.25) is 0 Å². The van der Waals surface area contributed by atoms with Crippen molar-refractivity contribution in [2.75, 3.05) is 0 Å². The van der Waals surface area contributed by atoms with E-state index in [2.05, 4.69) is 13.8 Å². The van der Waals surface area contributed by atoms with Crippen LogP contribution in [0.4, 0.5) is 0 Å². The molecular weight excluding hydrogens is 464 g/mol. The summed E-state index contributed by atoms with van der Waals surface area (Å²) in [5.41, 5.74) is 3.13. The third kappa shape index (κ3) is 5.27. The van der Waals surface area contributed by atoms with Crippen molar-refractivity contribution in [2.24, 2.45) is 0 Å². The number of benzene rings is 1. The minimum atomic E-state index is -1.36. The average molecular weight is 503 g/mol. The van der Waals surface area contributed by atoms with Crippen molar-refractivity contribution in [3.8, 4) is 0 Å². The summed E-state index contributed by atoms with van der Waals surface area (Å²) in [5.74, 6) is -1.26. The van der Waals surface area contributed by atoms with E-state index in [0.717, 1.165) is 73.8 Å². The number of hydrogen-bond acceptors (Lipinski definition) is 7. The SMILES string of the molecule is CCCCCCCCc1c(CCCCCCCC)c2c3c(sc4c3c1C(O)OC4=O)C(=O)OC2O. The Kier molecular flexibility index (Phi) is 8.84. The van der Waals surface area contributed by atoms with E-state index in [1.807, 2.05) is 0 Å². The van der Waals surface area contributed by atoms with Crippen LogP contribution in [0.3, 0.4) is 0 Å². The van der Waals surface area contributed by atoms with Crippen LogP contribution in [-0.4, -0.2) is 22.2 Å². The molecule has 0 radical (unpaired) electrons.